The van der Waals surface area contributed by atoms with Crippen LogP contribution < -0.4 is 5.73 Å². The third-order valence-corrected chi connectivity index (χ3v) is 8.57. The Morgan fingerprint density at radius 1 is 0.868 bits per heavy atom. The van der Waals surface area contributed by atoms with Gasteiger partial charge in [0.15, 0.2) is 0 Å². The molecule has 0 bridgehead atoms. The summed E-state index contributed by atoms with van der Waals surface area (Å²) >= 11 is 6.20. The number of hydrogen-bond acceptors (Lipinski definition) is 5. The van der Waals surface area contributed by atoms with Crippen molar-refractivity contribution in [3.63, 3.8) is 0 Å². The maximum Gasteiger partial charge on any atom is 0.146 e. The van der Waals surface area contributed by atoms with Crippen LogP contribution in [0.2, 0.25) is 5.02 Å². The van der Waals surface area contributed by atoms with Crippen LogP contribution in [0.1, 0.15) is 31.7 Å². The molecule has 1 aliphatic heterocycles. The molecule has 6 rings (SSSR count). The predicted octanol–water partition coefficient (Wildman–Crippen LogP) is 6.01. The van der Waals surface area contributed by atoms with Gasteiger partial charge in [-0.3, -0.25) is 4.90 Å². The molecule has 0 unspecified atom stereocenters. The second kappa shape index (κ2) is 10.2. The van der Waals surface area contributed by atoms with Gasteiger partial charge < -0.3 is 15.2 Å². The Balaban J connectivity index is 1.30. The van der Waals surface area contributed by atoms with Gasteiger partial charge in [0.1, 0.15) is 29.4 Å². The first-order valence-electron chi connectivity index (χ1n) is 13.2. The van der Waals surface area contributed by atoms with Crippen LogP contribution in [-0.2, 0) is 0 Å². The van der Waals surface area contributed by atoms with E-state index in [2.05, 4.69) is 37.6 Å². The third-order valence-electron chi connectivity index (χ3n) is 8.25. The lowest BCUT2D eigenvalue weighted by Gasteiger charge is -2.41. The number of rotatable bonds is 4. The van der Waals surface area contributed by atoms with Crippen LogP contribution in [0.3, 0.4) is 0 Å². The lowest BCUT2D eigenvalue weighted by atomic mass is 9.89. The summed E-state index contributed by atoms with van der Waals surface area (Å²) in [5.41, 5.74) is 9.36. The number of piperazine rings is 1. The van der Waals surface area contributed by atoms with Gasteiger partial charge in [-0.15, -0.1) is 0 Å². The number of nitrogens with two attached hydrogens (primary N) is 1. The molecule has 38 heavy (non-hydrogen) atoms. The number of nitrogens with zero attached hydrogens (tertiary/aromatic N) is 5. The summed E-state index contributed by atoms with van der Waals surface area (Å²) in [5.74, 6) is -0.530. The zero-order chi connectivity index (χ0) is 26.4. The Hall–Kier alpha value is -3.07. The van der Waals surface area contributed by atoms with Crippen LogP contribution in [-0.4, -0.2) is 63.6 Å². The molecule has 2 fully saturated rings. The van der Waals surface area contributed by atoms with E-state index in [9.17, 15) is 4.39 Å². The molecular formula is C29H31ClF2N6. The van der Waals surface area contributed by atoms with Crippen LogP contribution >= 0.6 is 11.6 Å². The summed E-state index contributed by atoms with van der Waals surface area (Å²) < 4.78 is 31.1. The molecule has 9 heteroatoms. The van der Waals surface area contributed by atoms with Crippen LogP contribution in [0.25, 0.3) is 33.3 Å². The fraction of sp³-hybridized carbons (Fsp3) is 0.379. The van der Waals surface area contributed by atoms with Gasteiger partial charge in [0.05, 0.1) is 10.4 Å². The lowest BCUT2D eigenvalue weighted by Crippen LogP contribution is -2.49. The summed E-state index contributed by atoms with van der Waals surface area (Å²) in [4.78, 5) is 13.9. The Bertz CT molecular complexity index is 1470. The molecule has 2 aromatic carbocycles. The molecule has 2 N–H and O–H groups in total. The quantitative estimate of drug-likeness (QED) is 0.346. The van der Waals surface area contributed by atoms with Crippen molar-refractivity contribution >= 4 is 28.5 Å². The average Bonchev–Trinajstić information content (AvgIpc) is 3.31. The Kier molecular flexibility index (Phi) is 6.80. The summed E-state index contributed by atoms with van der Waals surface area (Å²) in [5, 5.41) is 0.902. The van der Waals surface area contributed by atoms with Crippen LogP contribution in [0.4, 0.5) is 14.6 Å². The minimum atomic E-state index is -0.461. The van der Waals surface area contributed by atoms with Crippen molar-refractivity contribution in [2.24, 2.45) is 0 Å². The van der Waals surface area contributed by atoms with Gasteiger partial charge in [-0.1, -0.05) is 23.7 Å². The SMILES string of the molecule is CN1CCN(C2CCC(n3cc(-c4ccc(-c5ccc(F)cc5Cl)c(F)c4)c4c(N)ncnc43)CC2)CC1. The van der Waals surface area contributed by atoms with Crippen LogP contribution in [0, 0.1) is 11.6 Å². The highest BCUT2D eigenvalue weighted by Gasteiger charge is 2.30. The van der Waals surface area contributed by atoms with Crippen molar-refractivity contribution in [2.45, 2.75) is 37.8 Å². The van der Waals surface area contributed by atoms with Gasteiger partial charge in [0.2, 0.25) is 0 Å². The van der Waals surface area contributed by atoms with Crippen LogP contribution in [0.15, 0.2) is 48.9 Å². The van der Waals surface area contributed by atoms with E-state index < -0.39 is 11.6 Å². The Morgan fingerprint density at radius 3 is 2.29 bits per heavy atom. The van der Waals surface area contributed by atoms with Crippen molar-refractivity contribution < 1.29 is 8.78 Å². The molecule has 0 radical (unpaired) electrons. The van der Waals surface area contributed by atoms with E-state index in [-0.39, 0.29) is 5.02 Å². The number of likely N-dealkylation sites (N-methyl/N-ethyl adjacent to an activating group) is 1. The molecule has 0 spiro atoms. The number of benzene rings is 2. The second-order valence-electron chi connectivity index (χ2n) is 10.5. The van der Waals surface area contributed by atoms with E-state index in [0.29, 0.717) is 34.6 Å². The fourth-order valence-corrected chi connectivity index (χ4v) is 6.37. The minimum Gasteiger partial charge on any atom is -0.383 e. The smallest absolute Gasteiger partial charge is 0.146 e. The van der Waals surface area contributed by atoms with Gasteiger partial charge in [-0.25, -0.2) is 18.7 Å². The van der Waals surface area contributed by atoms with Gasteiger partial charge in [-0.05, 0) is 62.6 Å². The fourth-order valence-electron chi connectivity index (χ4n) is 6.10. The highest BCUT2D eigenvalue weighted by Crippen LogP contribution is 2.40. The number of halogens is 3. The van der Waals surface area contributed by atoms with Crippen molar-refractivity contribution in [3.8, 4) is 22.3 Å². The normalized spacial score (nSPS) is 21.3. The van der Waals surface area contributed by atoms with E-state index in [4.69, 9.17) is 17.3 Å². The second-order valence-corrected chi connectivity index (χ2v) is 10.9. The van der Waals surface area contributed by atoms with Gasteiger partial charge in [0.25, 0.3) is 0 Å². The standard InChI is InChI=1S/C29H31ClF2N6/c1-36-10-12-37(13-11-36)20-4-6-21(7-5-20)38-16-24(27-28(33)34-17-35-29(27)38)18-2-8-23(26(32)14-18)22-9-3-19(31)15-25(22)30/h2-3,8-9,14-17,20-21H,4-7,10-13H2,1H3,(H2,33,34,35). The van der Waals surface area contributed by atoms with E-state index in [1.807, 2.05) is 6.07 Å². The number of aromatic nitrogens is 3. The van der Waals surface area contributed by atoms with E-state index >= 15 is 4.39 Å². The highest BCUT2D eigenvalue weighted by molar-refractivity contribution is 6.33. The Morgan fingerprint density at radius 2 is 1.58 bits per heavy atom. The number of nitrogen functional groups attached to an aromatic ring is 1. The zero-order valence-electron chi connectivity index (χ0n) is 21.4. The molecule has 198 valence electrons. The minimum absolute atomic E-state index is 0.165. The van der Waals surface area contributed by atoms with Gasteiger partial charge in [-0.2, -0.15) is 0 Å². The summed E-state index contributed by atoms with van der Waals surface area (Å²) in [7, 11) is 2.19. The monoisotopic (exact) mass is 536 g/mol. The first-order chi connectivity index (χ1) is 18.4. The molecule has 6 nitrogen and oxygen atoms in total. The third kappa shape index (κ3) is 4.65. The van der Waals surface area contributed by atoms with Crippen molar-refractivity contribution in [3.05, 3.63) is 65.6 Å². The maximum absolute atomic E-state index is 15.4. The molecular weight excluding hydrogens is 506 g/mol. The Labute approximate surface area is 226 Å². The van der Waals surface area contributed by atoms with Gasteiger partial charge in [0, 0.05) is 61.1 Å². The maximum atomic E-state index is 15.4. The van der Waals surface area contributed by atoms with Crippen molar-refractivity contribution in [1.82, 2.24) is 24.3 Å². The number of anilines is 1. The molecule has 1 saturated heterocycles. The van der Waals surface area contributed by atoms with Gasteiger partial charge >= 0.3 is 0 Å². The molecule has 0 amide bonds. The molecule has 1 saturated carbocycles. The predicted molar refractivity (Wildman–Crippen MR) is 148 cm³/mol. The first kappa shape index (κ1) is 25.2. The molecule has 3 heterocycles. The summed E-state index contributed by atoms with van der Waals surface area (Å²) in [6.45, 7) is 4.53. The van der Waals surface area contributed by atoms with E-state index in [1.165, 1.54) is 30.6 Å². The summed E-state index contributed by atoms with van der Waals surface area (Å²) in [6, 6.07) is 9.87. The lowest BCUT2D eigenvalue weighted by molar-refractivity contribution is 0.0828. The van der Waals surface area contributed by atoms with E-state index in [0.717, 1.165) is 68.5 Å². The molecule has 2 aliphatic rings. The van der Waals surface area contributed by atoms with Crippen molar-refractivity contribution in [2.75, 3.05) is 39.0 Å². The average molecular weight is 537 g/mol. The number of hydrogen-bond donors (Lipinski definition) is 1. The van der Waals surface area contributed by atoms with Crippen molar-refractivity contribution in [1.29, 1.82) is 0 Å². The first-order valence-corrected chi connectivity index (χ1v) is 13.6. The molecule has 2 aromatic heterocycles. The van der Waals surface area contributed by atoms with E-state index in [1.54, 1.807) is 6.07 Å². The topological polar surface area (TPSA) is 63.2 Å². The molecule has 4 aromatic rings. The zero-order valence-corrected chi connectivity index (χ0v) is 22.1. The molecule has 1 aliphatic carbocycles. The summed E-state index contributed by atoms with van der Waals surface area (Å²) in [6.07, 6.45) is 7.95. The highest BCUT2D eigenvalue weighted by atomic mass is 35.5. The largest absolute Gasteiger partial charge is 0.383 e. The number of fused-ring (bicyclic) bond motifs is 1. The van der Waals surface area contributed by atoms with Crippen LogP contribution in [0.5, 0.6) is 0 Å². The molecule has 0 atom stereocenters.